The lowest BCUT2D eigenvalue weighted by atomic mass is 10.3. The molecule has 2 N–H and O–H groups in total. The third-order valence-corrected chi connectivity index (χ3v) is 2.94. The van der Waals surface area contributed by atoms with E-state index in [4.69, 9.17) is 0 Å². The molecule has 0 aliphatic heterocycles. The summed E-state index contributed by atoms with van der Waals surface area (Å²) in [5.74, 6) is 0.238. The fourth-order valence-corrected chi connectivity index (χ4v) is 1.93. The molecule has 5 heteroatoms. The number of nitrogens with zero attached hydrogens (tertiary/aromatic N) is 2. The summed E-state index contributed by atoms with van der Waals surface area (Å²) in [5, 5.41) is 12.8. The largest absolute Gasteiger partial charge is 0.506 e. The second-order valence-corrected chi connectivity index (χ2v) is 4.46. The minimum atomic E-state index is 0.238. The number of hydrogen-bond acceptors (Lipinski definition) is 5. The molecular weight excluding hydrogens is 222 g/mol. The molecule has 0 aromatic carbocycles. The molecule has 2 rings (SSSR count). The van der Waals surface area contributed by atoms with Gasteiger partial charge in [0, 0.05) is 29.9 Å². The molecule has 0 amide bonds. The predicted octanol–water partition coefficient (Wildman–Crippen LogP) is 1.84. The number of pyridine rings is 1. The van der Waals surface area contributed by atoms with Gasteiger partial charge in [-0.3, -0.25) is 9.97 Å². The van der Waals surface area contributed by atoms with Crippen molar-refractivity contribution in [2.75, 3.05) is 0 Å². The Hall–Kier alpha value is -1.46. The van der Waals surface area contributed by atoms with Crippen LogP contribution in [0, 0.1) is 6.92 Å². The maximum Gasteiger partial charge on any atom is 0.138 e. The summed E-state index contributed by atoms with van der Waals surface area (Å²) in [7, 11) is 0. The van der Waals surface area contributed by atoms with Crippen molar-refractivity contribution < 1.29 is 5.11 Å². The lowest BCUT2D eigenvalue weighted by Crippen LogP contribution is -2.13. The molecule has 0 spiro atoms. The van der Waals surface area contributed by atoms with Gasteiger partial charge in [-0.15, -0.1) is 11.3 Å². The molecule has 0 saturated heterocycles. The fraction of sp³-hybridized carbons (Fsp3) is 0.273. The maximum atomic E-state index is 9.58. The first-order chi connectivity index (χ1) is 7.75. The van der Waals surface area contributed by atoms with Crippen LogP contribution in [0.25, 0.3) is 0 Å². The monoisotopic (exact) mass is 235 g/mol. The quantitative estimate of drug-likeness (QED) is 0.849. The third-order valence-electron chi connectivity index (χ3n) is 2.16. The number of aromatic hydroxyl groups is 1. The molecule has 0 radical (unpaired) electrons. The normalized spacial score (nSPS) is 10.6. The summed E-state index contributed by atoms with van der Waals surface area (Å²) in [5.41, 5.74) is 3.40. The molecule has 84 valence electrons. The van der Waals surface area contributed by atoms with Gasteiger partial charge in [0.25, 0.3) is 0 Å². The number of rotatable bonds is 4. The highest BCUT2D eigenvalue weighted by Crippen LogP contribution is 2.14. The molecule has 4 nitrogen and oxygen atoms in total. The van der Waals surface area contributed by atoms with Crippen LogP contribution in [0.4, 0.5) is 0 Å². The number of aromatic nitrogens is 2. The van der Waals surface area contributed by atoms with Gasteiger partial charge in [0.2, 0.25) is 0 Å². The Kier molecular flexibility index (Phi) is 3.48. The Bertz CT molecular complexity index is 456. The van der Waals surface area contributed by atoms with E-state index in [2.05, 4.69) is 15.3 Å². The smallest absolute Gasteiger partial charge is 0.138 e. The lowest BCUT2D eigenvalue weighted by Gasteiger charge is -2.05. The van der Waals surface area contributed by atoms with Gasteiger partial charge in [0.05, 0.1) is 11.2 Å². The van der Waals surface area contributed by atoms with Gasteiger partial charge in [0.1, 0.15) is 5.75 Å². The van der Waals surface area contributed by atoms with Crippen molar-refractivity contribution in [1.29, 1.82) is 0 Å². The van der Waals surface area contributed by atoms with Crippen molar-refractivity contribution in [3.63, 3.8) is 0 Å². The molecule has 0 unspecified atom stereocenters. The summed E-state index contributed by atoms with van der Waals surface area (Å²) < 4.78 is 0. The highest BCUT2D eigenvalue weighted by molar-refractivity contribution is 7.09. The van der Waals surface area contributed by atoms with Gasteiger partial charge in [-0.1, -0.05) is 0 Å². The van der Waals surface area contributed by atoms with Crippen LogP contribution in [0.2, 0.25) is 0 Å². The van der Waals surface area contributed by atoms with E-state index in [1.54, 1.807) is 29.0 Å². The van der Waals surface area contributed by atoms with Crippen molar-refractivity contribution in [2.24, 2.45) is 0 Å². The first-order valence-corrected chi connectivity index (χ1v) is 5.87. The highest BCUT2D eigenvalue weighted by atomic mass is 32.1. The van der Waals surface area contributed by atoms with E-state index in [0.717, 1.165) is 12.2 Å². The van der Waals surface area contributed by atoms with Crippen molar-refractivity contribution in [2.45, 2.75) is 20.0 Å². The van der Waals surface area contributed by atoms with Crippen LogP contribution in [0.1, 0.15) is 16.3 Å². The molecule has 0 saturated carbocycles. The van der Waals surface area contributed by atoms with Crippen molar-refractivity contribution in [1.82, 2.24) is 15.3 Å². The van der Waals surface area contributed by atoms with Gasteiger partial charge in [-0.05, 0) is 19.1 Å². The van der Waals surface area contributed by atoms with Gasteiger partial charge in [-0.25, -0.2) is 0 Å². The average molecular weight is 235 g/mol. The van der Waals surface area contributed by atoms with Crippen LogP contribution in [0.15, 0.2) is 23.8 Å². The first-order valence-electron chi connectivity index (χ1n) is 4.99. The molecular formula is C11H13N3OS. The molecule has 0 aliphatic rings. The Morgan fingerprint density at radius 2 is 2.25 bits per heavy atom. The zero-order valence-electron chi connectivity index (χ0n) is 8.97. The lowest BCUT2D eigenvalue weighted by molar-refractivity contribution is 0.459. The minimum absolute atomic E-state index is 0.238. The van der Waals surface area contributed by atoms with Gasteiger partial charge in [0.15, 0.2) is 0 Å². The van der Waals surface area contributed by atoms with Crippen LogP contribution in [-0.4, -0.2) is 15.1 Å². The van der Waals surface area contributed by atoms with E-state index >= 15 is 0 Å². The zero-order chi connectivity index (χ0) is 11.4. The molecule has 0 aliphatic carbocycles. The Morgan fingerprint density at radius 3 is 3.00 bits per heavy atom. The van der Waals surface area contributed by atoms with Crippen molar-refractivity contribution >= 4 is 11.3 Å². The van der Waals surface area contributed by atoms with E-state index < -0.39 is 0 Å². The number of nitrogens with one attached hydrogen (secondary N) is 1. The second kappa shape index (κ2) is 5.05. The summed E-state index contributed by atoms with van der Waals surface area (Å²) in [6, 6.07) is 3.47. The number of thiazole rings is 1. The summed E-state index contributed by atoms with van der Waals surface area (Å²) in [6.07, 6.45) is 1.83. The summed E-state index contributed by atoms with van der Waals surface area (Å²) in [4.78, 5) is 9.43. The fourth-order valence-electron chi connectivity index (χ4n) is 1.37. The standard InChI is InChI=1S/C11H13N3OS/c1-8-2-3-11(15)10(14-8)6-12-4-9-5-13-7-16-9/h2-3,5,7,12,15H,4,6H2,1H3. The predicted molar refractivity (Wildman–Crippen MR) is 63.3 cm³/mol. The van der Waals surface area contributed by atoms with Crippen LogP contribution < -0.4 is 5.32 Å². The van der Waals surface area contributed by atoms with Crippen molar-refractivity contribution in [3.05, 3.63) is 40.1 Å². The minimum Gasteiger partial charge on any atom is -0.506 e. The third kappa shape index (κ3) is 2.77. The van der Waals surface area contributed by atoms with Crippen LogP contribution in [0.3, 0.4) is 0 Å². The topological polar surface area (TPSA) is 58.0 Å². The van der Waals surface area contributed by atoms with E-state index in [1.165, 1.54) is 4.88 Å². The van der Waals surface area contributed by atoms with Crippen LogP contribution in [0.5, 0.6) is 5.75 Å². The summed E-state index contributed by atoms with van der Waals surface area (Å²) >= 11 is 1.61. The molecule has 0 atom stereocenters. The summed E-state index contributed by atoms with van der Waals surface area (Å²) in [6.45, 7) is 3.22. The molecule has 0 fully saturated rings. The SMILES string of the molecule is Cc1ccc(O)c(CNCc2cncs2)n1. The zero-order valence-corrected chi connectivity index (χ0v) is 9.79. The molecule has 2 heterocycles. The van der Waals surface area contributed by atoms with Gasteiger partial charge in [-0.2, -0.15) is 0 Å². The van der Waals surface area contributed by atoms with Gasteiger partial charge >= 0.3 is 0 Å². The molecule has 2 aromatic heterocycles. The van der Waals surface area contributed by atoms with Crippen molar-refractivity contribution in [3.8, 4) is 5.75 Å². The molecule has 16 heavy (non-hydrogen) atoms. The van der Waals surface area contributed by atoms with E-state index in [0.29, 0.717) is 12.2 Å². The van der Waals surface area contributed by atoms with E-state index in [-0.39, 0.29) is 5.75 Å². The molecule has 2 aromatic rings. The number of aryl methyl sites for hydroxylation is 1. The Balaban J connectivity index is 1.92. The van der Waals surface area contributed by atoms with Crippen LogP contribution >= 0.6 is 11.3 Å². The average Bonchev–Trinajstić information content (AvgIpc) is 2.76. The van der Waals surface area contributed by atoms with E-state index in [9.17, 15) is 5.11 Å². The number of hydrogen-bond donors (Lipinski definition) is 2. The van der Waals surface area contributed by atoms with Gasteiger partial charge < -0.3 is 10.4 Å². The first kappa shape index (κ1) is 11.0. The maximum absolute atomic E-state index is 9.58. The highest BCUT2D eigenvalue weighted by Gasteiger charge is 2.02. The van der Waals surface area contributed by atoms with E-state index in [1.807, 2.05) is 13.1 Å². The van der Waals surface area contributed by atoms with Crippen LogP contribution in [-0.2, 0) is 13.1 Å². The second-order valence-electron chi connectivity index (χ2n) is 3.49. The molecule has 0 bridgehead atoms. The Morgan fingerprint density at radius 1 is 1.38 bits per heavy atom. The Labute approximate surface area is 98.0 Å².